The molecule has 3 N–H and O–H groups in total. The van der Waals surface area contributed by atoms with Gasteiger partial charge in [0, 0.05) is 0 Å². The number of carbonyl (C=O) groups is 2. The molecule has 1 rings (SSSR count). The van der Waals surface area contributed by atoms with Crippen molar-refractivity contribution in [3.05, 3.63) is 29.3 Å². The Morgan fingerprint density at radius 3 is 1.72 bits per heavy atom. The zero-order chi connectivity index (χ0) is 13.2. The van der Waals surface area contributed by atoms with Crippen LogP contribution >= 0.6 is 0 Å². The molecule has 0 atom stereocenters. The summed E-state index contributed by atoms with van der Waals surface area (Å²) in [6.07, 6.45) is 0. The number of aromatic carboxylic acids is 2. The molecular weight excluding hydrogens is 279 g/mol. The van der Waals surface area contributed by atoms with Gasteiger partial charge in [0.2, 0.25) is 0 Å². The van der Waals surface area contributed by atoms with Gasteiger partial charge in [-0.25, -0.2) is 9.59 Å². The maximum absolute atomic E-state index is 10.6. The molecule has 0 radical (unpaired) electrons. The Morgan fingerprint density at radius 2 is 1.44 bits per heavy atom. The third-order valence-electron chi connectivity index (χ3n) is 1.60. The first-order valence-electron chi connectivity index (χ1n) is 3.97. The van der Waals surface area contributed by atoms with E-state index in [-0.39, 0.29) is 31.0 Å². The number of carboxylic acids is 2. The molecule has 0 spiro atoms. The van der Waals surface area contributed by atoms with E-state index in [1.165, 1.54) is 0 Å². The van der Waals surface area contributed by atoms with Crippen molar-refractivity contribution >= 4 is 22.3 Å². The maximum Gasteiger partial charge on any atom is 1.00 e. The first kappa shape index (κ1) is 16.9. The molecule has 0 saturated heterocycles. The molecule has 0 aliphatic carbocycles. The standard InChI is InChI=1S/C8H6O8S.Na.H/c9-7(10)4-1-5(8(11)12)3-6(2-4)16-17(13,14)15;;/h1-3H,(H,9,10)(H,11,12)(H,13,14,15);;/q;+1;-1. The maximum atomic E-state index is 10.6. The molecule has 0 fully saturated rings. The second-order valence-electron chi connectivity index (χ2n) is 2.87. The number of hydrogen-bond donors (Lipinski definition) is 3. The molecule has 0 heterocycles. The van der Waals surface area contributed by atoms with Crippen molar-refractivity contribution in [2.24, 2.45) is 0 Å². The average Bonchev–Trinajstić information content (AvgIpc) is 2.14. The predicted octanol–water partition coefficient (Wildman–Crippen LogP) is -2.62. The summed E-state index contributed by atoms with van der Waals surface area (Å²) in [5.41, 5.74) is -0.966. The number of benzene rings is 1. The summed E-state index contributed by atoms with van der Waals surface area (Å²) in [6, 6.07) is 2.35. The fraction of sp³-hybridized carbons (Fsp3) is 0. The van der Waals surface area contributed by atoms with E-state index in [2.05, 4.69) is 4.18 Å². The van der Waals surface area contributed by atoms with Gasteiger partial charge in [0.05, 0.1) is 11.1 Å². The number of hydrogen-bond acceptors (Lipinski definition) is 5. The fourth-order valence-corrected chi connectivity index (χ4v) is 1.36. The largest absolute Gasteiger partial charge is 1.00 e. The van der Waals surface area contributed by atoms with Gasteiger partial charge in [-0.1, -0.05) is 0 Å². The van der Waals surface area contributed by atoms with E-state index in [1.807, 2.05) is 0 Å². The summed E-state index contributed by atoms with van der Waals surface area (Å²) >= 11 is 0. The van der Waals surface area contributed by atoms with E-state index >= 15 is 0 Å². The van der Waals surface area contributed by atoms with Crippen molar-refractivity contribution in [3.8, 4) is 5.75 Å². The summed E-state index contributed by atoms with van der Waals surface area (Å²) in [5, 5.41) is 17.3. The molecule has 0 unspecified atom stereocenters. The number of rotatable bonds is 4. The van der Waals surface area contributed by atoms with Crippen LogP contribution in [-0.4, -0.2) is 35.1 Å². The van der Waals surface area contributed by atoms with Crippen molar-refractivity contribution in [3.63, 3.8) is 0 Å². The van der Waals surface area contributed by atoms with Crippen molar-refractivity contribution in [2.75, 3.05) is 0 Å². The second kappa shape index (κ2) is 6.16. The molecule has 1 aromatic rings. The Labute approximate surface area is 125 Å². The Hall–Kier alpha value is -1.13. The molecule has 0 aliphatic heterocycles. The van der Waals surface area contributed by atoms with Gasteiger partial charge in [-0.3, -0.25) is 4.55 Å². The van der Waals surface area contributed by atoms with Crippen LogP contribution in [0.3, 0.4) is 0 Å². The van der Waals surface area contributed by atoms with Crippen LogP contribution in [-0.2, 0) is 10.4 Å². The Morgan fingerprint density at radius 1 is 1.06 bits per heavy atom. The molecule has 0 saturated carbocycles. The molecule has 0 bridgehead atoms. The van der Waals surface area contributed by atoms with Gasteiger partial charge in [0.15, 0.2) is 0 Å². The van der Waals surface area contributed by atoms with Crippen LogP contribution in [0, 0.1) is 0 Å². The Balaban J connectivity index is 0. The molecule has 8 nitrogen and oxygen atoms in total. The van der Waals surface area contributed by atoms with E-state index < -0.39 is 39.2 Å². The van der Waals surface area contributed by atoms with Crippen LogP contribution in [0.2, 0.25) is 0 Å². The third-order valence-corrected chi connectivity index (χ3v) is 2.01. The van der Waals surface area contributed by atoms with Crippen molar-refractivity contribution < 1.29 is 67.9 Å². The van der Waals surface area contributed by atoms with E-state index in [4.69, 9.17) is 14.8 Å². The molecule has 0 aromatic heterocycles. The third kappa shape index (κ3) is 5.02. The summed E-state index contributed by atoms with van der Waals surface area (Å²) in [5.74, 6) is -3.54. The molecule has 1 aromatic carbocycles. The summed E-state index contributed by atoms with van der Waals surface area (Å²) < 4.78 is 33.2. The van der Waals surface area contributed by atoms with Gasteiger partial charge < -0.3 is 15.8 Å². The van der Waals surface area contributed by atoms with Crippen LogP contribution < -0.4 is 33.7 Å². The minimum atomic E-state index is -4.85. The Bertz CT molecular complexity index is 552. The summed E-state index contributed by atoms with van der Waals surface area (Å²) in [7, 11) is -4.85. The van der Waals surface area contributed by atoms with E-state index in [0.717, 1.165) is 18.2 Å². The zero-order valence-corrected chi connectivity index (χ0v) is 11.8. The minimum absolute atomic E-state index is 0. The monoisotopic (exact) mass is 286 g/mol. The summed E-state index contributed by atoms with van der Waals surface area (Å²) in [4.78, 5) is 21.3. The second-order valence-corrected chi connectivity index (χ2v) is 3.89. The van der Waals surface area contributed by atoms with E-state index in [9.17, 15) is 18.0 Å². The molecule has 94 valence electrons. The van der Waals surface area contributed by atoms with Crippen LogP contribution in [0.4, 0.5) is 0 Å². The molecule has 0 aliphatic rings. The first-order chi connectivity index (χ1) is 7.69. The molecular formula is C8H7NaO8S. The van der Waals surface area contributed by atoms with Crippen molar-refractivity contribution in [2.45, 2.75) is 0 Å². The van der Waals surface area contributed by atoms with Gasteiger partial charge in [0.25, 0.3) is 0 Å². The number of carboxylic acid groups (broad SMARTS) is 2. The van der Waals surface area contributed by atoms with Crippen molar-refractivity contribution in [1.82, 2.24) is 0 Å². The molecule has 0 amide bonds. The topological polar surface area (TPSA) is 138 Å². The van der Waals surface area contributed by atoms with E-state index in [1.54, 1.807) is 0 Å². The normalized spacial score (nSPS) is 10.3. The van der Waals surface area contributed by atoms with Gasteiger partial charge >= 0.3 is 51.9 Å². The molecule has 10 heteroatoms. The van der Waals surface area contributed by atoms with Gasteiger partial charge in [-0.05, 0) is 18.2 Å². The SMILES string of the molecule is O=C(O)c1cc(OS(=O)(=O)O)cc(C(=O)O)c1.[H-].[Na+]. The van der Waals surface area contributed by atoms with Gasteiger partial charge in [-0.2, -0.15) is 8.42 Å². The van der Waals surface area contributed by atoms with Gasteiger partial charge in [-0.15, -0.1) is 0 Å². The molecule has 18 heavy (non-hydrogen) atoms. The van der Waals surface area contributed by atoms with Gasteiger partial charge in [0.1, 0.15) is 5.75 Å². The van der Waals surface area contributed by atoms with E-state index in [0.29, 0.717) is 0 Å². The minimum Gasteiger partial charge on any atom is -1.00 e. The predicted molar refractivity (Wildman–Crippen MR) is 53.6 cm³/mol. The summed E-state index contributed by atoms with van der Waals surface area (Å²) in [6.45, 7) is 0. The fourth-order valence-electron chi connectivity index (χ4n) is 1.02. The Kier molecular flexibility index (Phi) is 5.77. The van der Waals surface area contributed by atoms with Crippen LogP contribution in [0.5, 0.6) is 5.75 Å². The smallest absolute Gasteiger partial charge is 1.00 e. The average molecular weight is 286 g/mol. The zero-order valence-electron chi connectivity index (χ0n) is 10.0. The first-order valence-corrected chi connectivity index (χ1v) is 5.34. The van der Waals surface area contributed by atoms with Crippen LogP contribution in [0.1, 0.15) is 22.1 Å². The quantitative estimate of drug-likeness (QED) is 0.404. The van der Waals surface area contributed by atoms with Crippen LogP contribution in [0.15, 0.2) is 18.2 Å². The van der Waals surface area contributed by atoms with Crippen molar-refractivity contribution in [1.29, 1.82) is 0 Å². The van der Waals surface area contributed by atoms with Crippen LogP contribution in [0.25, 0.3) is 0 Å².